The van der Waals surface area contributed by atoms with Crippen molar-refractivity contribution in [3.8, 4) is 5.75 Å². The van der Waals surface area contributed by atoms with Crippen molar-refractivity contribution in [3.05, 3.63) is 78.4 Å². The van der Waals surface area contributed by atoms with Gasteiger partial charge in [-0.15, -0.1) is 0 Å². The first-order valence-electron chi connectivity index (χ1n) is 8.86. The van der Waals surface area contributed by atoms with Gasteiger partial charge in [0, 0.05) is 9.79 Å². The maximum absolute atomic E-state index is 13.0. The summed E-state index contributed by atoms with van der Waals surface area (Å²) < 4.78 is 5.78. The minimum Gasteiger partial charge on any atom is -0.491 e. The zero-order chi connectivity index (χ0) is 18.6. The molecule has 1 heterocycles. The van der Waals surface area contributed by atoms with Crippen molar-refractivity contribution in [1.82, 2.24) is 5.32 Å². The highest BCUT2D eigenvalue weighted by molar-refractivity contribution is 7.99. The summed E-state index contributed by atoms with van der Waals surface area (Å²) in [4.78, 5) is 16.8. The predicted octanol–water partition coefficient (Wildman–Crippen LogP) is 5.39. The SMILES string of the molecule is Cc1ccccc1OCCNC(=O)N1c2ccccc2Sc2ccccc21. The third-order valence-corrected chi connectivity index (χ3v) is 5.50. The number of nitrogens with zero attached hydrogens (tertiary/aromatic N) is 1. The zero-order valence-electron chi connectivity index (χ0n) is 15.0. The molecular weight excluding hydrogens is 356 g/mol. The van der Waals surface area contributed by atoms with Gasteiger partial charge < -0.3 is 10.1 Å². The van der Waals surface area contributed by atoms with E-state index in [1.807, 2.05) is 79.7 Å². The summed E-state index contributed by atoms with van der Waals surface area (Å²) in [5, 5.41) is 2.98. The van der Waals surface area contributed by atoms with Crippen LogP contribution in [0.3, 0.4) is 0 Å². The molecule has 27 heavy (non-hydrogen) atoms. The van der Waals surface area contributed by atoms with Crippen molar-refractivity contribution in [2.45, 2.75) is 16.7 Å². The number of fused-ring (bicyclic) bond motifs is 2. The molecule has 0 atom stereocenters. The molecule has 1 aliphatic rings. The van der Waals surface area contributed by atoms with Crippen LogP contribution in [0.25, 0.3) is 0 Å². The van der Waals surface area contributed by atoms with Gasteiger partial charge >= 0.3 is 6.03 Å². The molecule has 0 radical (unpaired) electrons. The van der Waals surface area contributed by atoms with Crippen LogP contribution in [0.4, 0.5) is 16.2 Å². The Morgan fingerprint density at radius 3 is 2.19 bits per heavy atom. The quantitative estimate of drug-likeness (QED) is 0.621. The first kappa shape index (κ1) is 17.5. The molecule has 0 saturated carbocycles. The Kier molecular flexibility index (Phi) is 5.03. The van der Waals surface area contributed by atoms with Crippen LogP contribution in [0.5, 0.6) is 5.75 Å². The van der Waals surface area contributed by atoms with Gasteiger partial charge in [-0.05, 0) is 42.8 Å². The smallest absolute Gasteiger partial charge is 0.326 e. The normalized spacial score (nSPS) is 12.1. The van der Waals surface area contributed by atoms with Gasteiger partial charge in [0.2, 0.25) is 0 Å². The number of benzene rings is 3. The van der Waals surface area contributed by atoms with Crippen molar-refractivity contribution in [2.75, 3.05) is 18.1 Å². The average Bonchev–Trinajstić information content (AvgIpc) is 2.70. The van der Waals surface area contributed by atoms with E-state index in [1.54, 1.807) is 16.7 Å². The minimum absolute atomic E-state index is 0.149. The fourth-order valence-electron chi connectivity index (χ4n) is 3.04. The van der Waals surface area contributed by atoms with E-state index < -0.39 is 0 Å². The standard InChI is InChI=1S/C22H20N2O2S/c1-16-8-2-5-11-19(16)26-15-14-23-22(25)24-17-9-3-6-12-20(17)27-21-13-7-4-10-18(21)24/h2-13H,14-15H2,1H3,(H,23,25). The fourth-order valence-corrected chi connectivity index (χ4v) is 4.10. The Morgan fingerprint density at radius 1 is 0.926 bits per heavy atom. The molecule has 3 aromatic rings. The molecule has 5 heteroatoms. The van der Waals surface area contributed by atoms with E-state index in [9.17, 15) is 4.79 Å². The Hall–Kier alpha value is -2.92. The molecule has 0 spiro atoms. The molecule has 0 aromatic heterocycles. The maximum Gasteiger partial charge on any atom is 0.326 e. The van der Waals surface area contributed by atoms with Crippen LogP contribution in [0.15, 0.2) is 82.6 Å². The van der Waals surface area contributed by atoms with Crippen molar-refractivity contribution in [3.63, 3.8) is 0 Å². The number of hydrogen-bond donors (Lipinski definition) is 1. The van der Waals surface area contributed by atoms with Crippen LogP contribution in [0.2, 0.25) is 0 Å². The van der Waals surface area contributed by atoms with Gasteiger partial charge in [-0.2, -0.15) is 0 Å². The van der Waals surface area contributed by atoms with Gasteiger partial charge in [-0.25, -0.2) is 4.79 Å². The molecule has 3 aromatic carbocycles. The molecule has 0 bridgehead atoms. The van der Waals surface area contributed by atoms with Gasteiger partial charge in [0.15, 0.2) is 0 Å². The van der Waals surface area contributed by atoms with Crippen LogP contribution in [0.1, 0.15) is 5.56 Å². The topological polar surface area (TPSA) is 41.6 Å². The van der Waals surface area contributed by atoms with Crippen molar-refractivity contribution in [2.24, 2.45) is 0 Å². The zero-order valence-corrected chi connectivity index (χ0v) is 15.8. The summed E-state index contributed by atoms with van der Waals surface area (Å²) in [6, 6.07) is 23.6. The molecule has 0 unspecified atom stereocenters. The molecule has 2 amide bonds. The maximum atomic E-state index is 13.0. The summed E-state index contributed by atoms with van der Waals surface area (Å²) in [6.45, 7) is 2.86. The van der Waals surface area contributed by atoms with Crippen LogP contribution in [-0.4, -0.2) is 19.2 Å². The summed E-state index contributed by atoms with van der Waals surface area (Å²) in [6.07, 6.45) is 0. The first-order valence-corrected chi connectivity index (χ1v) is 9.68. The highest BCUT2D eigenvalue weighted by atomic mass is 32.2. The fraction of sp³-hybridized carbons (Fsp3) is 0.136. The number of aryl methyl sites for hydroxylation is 1. The molecular formula is C22H20N2O2S. The molecule has 136 valence electrons. The lowest BCUT2D eigenvalue weighted by Crippen LogP contribution is -2.40. The number of ether oxygens (including phenoxy) is 1. The number of amides is 2. The second kappa shape index (κ2) is 7.76. The molecule has 0 saturated heterocycles. The number of hydrogen-bond acceptors (Lipinski definition) is 3. The number of para-hydroxylation sites is 3. The lowest BCUT2D eigenvalue weighted by atomic mass is 10.2. The molecule has 1 N–H and O–H groups in total. The summed E-state index contributed by atoms with van der Waals surface area (Å²) in [5.41, 5.74) is 2.89. The van der Waals surface area contributed by atoms with Crippen LogP contribution in [-0.2, 0) is 0 Å². The van der Waals surface area contributed by atoms with Crippen molar-refractivity contribution >= 4 is 29.2 Å². The van der Waals surface area contributed by atoms with E-state index in [-0.39, 0.29) is 6.03 Å². The van der Waals surface area contributed by atoms with E-state index in [2.05, 4.69) is 5.32 Å². The van der Waals surface area contributed by atoms with Crippen LogP contribution < -0.4 is 15.0 Å². The lowest BCUT2D eigenvalue weighted by Gasteiger charge is -2.31. The van der Waals surface area contributed by atoms with Gasteiger partial charge in [0.25, 0.3) is 0 Å². The Bertz CT molecular complexity index is 928. The highest BCUT2D eigenvalue weighted by Gasteiger charge is 2.27. The van der Waals surface area contributed by atoms with Gasteiger partial charge in [-0.3, -0.25) is 4.90 Å². The van der Waals surface area contributed by atoms with E-state index in [0.29, 0.717) is 13.2 Å². The van der Waals surface area contributed by atoms with Gasteiger partial charge in [0.1, 0.15) is 12.4 Å². The average molecular weight is 376 g/mol. The number of nitrogens with one attached hydrogen (secondary N) is 1. The summed E-state index contributed by atoms with van der Waals surface area (Å²) >= 11 is 1.68. The predicted molar refractivity (Wildman–Crippen MR) is 109 cm³/mol. The monoisotopic (exact) mass is 376 g/mol. The molecule has 4 nitrogen and oxygen atoms in total. The van der Waals surface area contributed by atoms with Crippen molar-refractivity contribution in [1.29, 1.82) is 0 Å². The Balaban J connectivity index is 1.46. The van der Waals surface area contributed by atoms with E-state index in [1.165, 1.54) is 0 Å². The third kappa shape index (κ3) is 3.64. The second-order valence-corrected chi connectivity index (χ2v) is 7.30. The van der Waals surface area contributed by atoms with Crippen molar-refractivity contribution < 1.29 is 9.53 Å². The number of carbonyl (C=O) groups is 1. The van der Waals surface area contributed by atoms with E-state index in [0.717, 1.165) is 32.5 Å². The lowest BCUT2D eigenvalue weighted by molar-refractivity contribution is 0.243. The number of carbonyl (C=O) groups excluding carboxylic acids is 1. The minimum atomic E-state index is -0.149. The molecule has 0 fully saturated rings. The van der Waals surface area contributed by atoms with Gasteiger partial charge in [0.05, 0.1) is 17.9 Å². The largest absolute Gasteiger partial charge is 0.491 e. The Morgan fingerprint density at radius 2 is 1.52 bits per heavy atom. The van der Waals surface area contributed by atoms with Crippen LogP contribution in [0, 0.1) is 6.92 Å². The number of anilines is 2. The highest BCUT2D eigenvalue weighted by Crippen LogP contribution is 2.47. The second-order valence-electron chi connectivity index (χ2n) is 6.22. The number of urea groups is 1. The number of rotatable bonds is 4. The summed E-state index contributed by atoms with van der Waals surface area (Å²) in [5.74, 6) is 0.844. The molecule has 4 rings (SSSR count). The van der Waals surface area contributed by atoms with Gasteiger partial charge in [-0.1, -0.05) is 54.2 Å². The summed E-state index contributed by atoms with van der Waals surface area (Å²) in [7, 11) is 0. The van der Waals surface area contributed by atoms with E-state index in [4.69, 9.17) is 4.74 Å². The molecule has 0 aliphatic carbocycles. The molecule has 1 aliphatic heterocycles. The third-order valence-electron chi connectivity index (χ3n) is 4.36. The van der Waals surface area contributed by atoms with Crippen LogP contribution >= 0.6 is 11.8 Å². The first-order chi connectivity index (χ1) is 13.2. The van der Waals surface area contributed by atoms with E-state index >= 15 is 0 Å². The Labute approximate surface area is 163 Å².